The van der Waals surface area contributed by atoms with E-state index in [9.17, 15) is 20.0 Å². The van der Waals surface area contributed by atoms with Crippen molar-refractivity contribution in [3.05, 3.63) is 51.9 Å². The summed E-state index contributed by atoms with van der Waals surface area (Å²) in [5.74, 6) is -1.28. The van der Waals surface area contributed by atoms with Gasteiger partial charge < -0.3 is 10.0 Å². The minimum Gasteiger partial charge on any atom is -0.480 e. The van der Waals surface area contributed by atoms with Crippen LogP contribution in [-0.4, -0.2) is 32.0 Å². The van der Waals surface area contributed by atoms with Crippen molar-refractivity contribution in [1.82, 2.24) is 9.97 Å². The van der Waals surface area contributed by atoms with Crippen molar-refractivity contribution < 1.29 is 14.8 Å². The molecule has 120 valence electrons. The second-order valence-electron chi connectivity index (χ2n) is 4.57. The molecule has 0 amide bonds. The molecule has 1 unspecified atom stereocenters. The summed E-state index contributed by atoms with van der Waals surface area (Å²) in [5, 5.41) is 20.5. The number of halogens is 1. The van der Waals surface area contributed by atoms with Gasteiger partial charge in [-0.1, -0.05) is 25.1 Å². The first kappa shape index (κ1) is 16.6. The molecular formula is C14H13ClN4O4. The molecule has 2 rings (SSSR count). The number of nitrogens with zero attached hydrogens (tertiary/aromatic N) is 4. The Hall–Kier alpha value is -2.74. The Morgan fingerprint density at radius 1 is 1.43 bits per heavy atom. The van der Waals surface area contributed by atoms with Gasteiger partial charge in [0.15, 0.2) is 0 Å². The third kappa shape index (κ3) is 3.54. The summed E-state index contributed by atoms with van der Waals surface area (Å²) in [7, 11) is 0. The molecule has 0 saturated carbocycles. The molecule has 0 aliphatic carbocycles. The Morgan fingerprint density at radius 2 is 2.09 bits per heavy atom. The van der Waals surface area contributed by atoms with Crippen molar-refractivity contribution in [2.45, 2.75) is 19.4 Å². The summed E-state index contributed by atoms with van der Waals surface area (Å²) in [5.41, 5.74) is 0.0394. The topological polar surface area (TPSA) is 109 Å². The molecule has 0 aliphatic heterocycles. The van der Waals surface area contributed by atoms with Gasteiger partial charge in [0.05, 0.1) is 4.92 Å². The number of rotatable bonds is 6. The van der Waals surface area contributed by atoms with Gasteiger partial charge in [-0.2, -0.15) is 4.98 Å². The number of hydrogen-bond donors (Lipinski definition) is 1. The number of para-hydroxylation sites is 1. The smallest absolute Gasteiger partial charge is 0.330 e. The Kier molecular flexibility index (Phi) is 5.07. The zero-order valence-corrected chi connectivity index (χ0v) is 12.8. The third-order valence-corrected chi connectivity index (χ3v) is 3.35. The maximum absolute atomic E-state index is 11.6. The van der Waals surface area contributed by atoms with E-state index >= 15 is 0 Å². The van der Waals surface area contributed by atoms with Crippen LogP contribution in [0.5, 0.6) is 0 Å². The number of hydrogen-bond acceptors (Lipinski definition) is 6. The highest BCUT2D eigenvalue weighted by Crippen LogP contribution is 2.34. The lowest BCUT2D eigenvalue weighted by molar-refractivity contribution is -0.384. The van der Waals surface area contributed by atoms with Crippen molar-refractivity contribution in [1.29, 1.82) is 0 Å². The maximum atomic E-state index is 11.6. The van der Waals surface area contributed by atoms with Gasteiger partial charge >= 0.3 is 11.7 Å². The molecule has 1 heterocycles. The van der Waals surface area contributed by atoms with Crippen molar-refractivity contribution in [3.8, 4) is 0 Å². The molecule has 0 radical (unpaired) electrons. The predicted octanol–water partition coefficient (Wildman–Crippen LogP) is 3.04. The number of carboxylic acids is 1. The van der Waals surface area contributed by atoms with Crippen LogP contribution < -0.4 is 4.90 Å². The first-order valence-corrected chi connectivity index (χ1v) is 7.07. The number of benzene rings is 1. The summed E-state index contributed by atoms with van der Waals surface area (Å²) in [6.07, 6.45) is 1.18. The van der Waals surface area contributed by atoms with Crippen LogP contribution in [0.4, 0.5) is 17.2 Å². The molecule has 0 saturated heterocycles. The lowest BCUT2D eigenvalue weighted by atomic mass is 10.1. The highest BCUT2D eigenvalue weighted by Gasteiger charge is 2.32. The lowest BCUT2D eigenvalue weighted by Gasteiger charge is -2.28. The van der Waals surface area contributed by atoms with Crippen LogP contribution in [0.25, 0.3) is 0 Å². The van der Waals surface area contributed by atoms with Crippen LogP contribution >= 0.6 is 11.6 Å². The molecule has 8 nitrogen and oxygen atoms in total. The molecule has 23 heavy (non-hydrogen) atoms. The van der Waals surface area contributed by atoms with Crippen LogP contribution in [0.15, 0.2) is 36.5 Å². The average molecular weight is 337 g/mol. The molecule has 1 aromatic carbocycles. The first-order chi connectivity index (χ1) is 11.0. The monoisotopic (exact) mass is 336 g/mol. The van der Waals surface area contributed by atoms with E-state index in [0.717, 1.165) is 6.20 Å². The van der Waals surface area contributed by atoms with Gasteiger partial charge in [0.2, 0.25) is 11.1 Å². The van der Waals surface area contributed by atoms with E-state index in [1.807, 2.05) is 0 Å². The van der Waals surface area contributed by atoms with Gasteiger partial charge in [0.25, 0.3) is 0 Å². The molecule has 0 bridgehead atoms. The molecule has 1 atom stereocenters. The van der Waals surface area contributed by atoms with Gasteiger partial charge in [-0.3, -0.25) is 10.1 Å². The van der Waals surface area contributed by atoms with Gasteiger partial charge in [0.1, 0.15) is 12.2 Å². The minimum absolute atomic E-state index is 0.157. The molecule has 0 fully saturated rings. The van der Waals surface area contributed by atoms with E-state index in [1.54, 1.807) is 37.3 Å². The maximum Gasteiger partial charge on any atom is 0.330 e. The minimum atomic E-state index is -1.12. The number of anilines is 2. The highest BCUT2D eigenvalue weighted by atomic mass is 35.5. The number of aliphatic carboxylic acids is 1. The average Bonchev–Trinajstić information content (AvgIpc) is 2.52. The fourth-order valence-corrected chi connectivity index (χ4v) is 2.29. The third-order valence-electron chi connectivity index (χ3n) is 3.16. The molecule has 2 aromatic rings. The van der Waals surface area contributed by atoms with E-state index in [4.69, 9.17) is 11.6 Å². The summed E-state index contributed by atoms with van der Waals surface area (Å²) in [6.45, 7) is 1.67. The quantitative estimate of drug-likeness (QED) is 0.490. The Bertz CT molecular complexity index is 726. The zero-order valence-electron chi connectivity index (χ0n) is 12.1. The van der Waals surface area contributed by atoms with E-state index in [1.165, 1.54) is 4.90 Å². The van der Waals surface area contributed by atoms with Crippen LogP contribution in [0.3, 0.4) is 0 Å². The van der Waals surface area contributed by atoms with E-state index in [-0.39, 0.29) is 17.5 Å². The zero-order chi connectivity index (χ0) is 17.0. The Balaban J connectivity index is 2.70. The molecule has 1 N–H and O–H groups in total. The summed E-state index contributed by atoms with van der Waals surface area (Å²) in [4.78, 5) is 31.0. The number of carboxylic acid groups (broad SMARTS) is 1. The predicted molar refractivity (Wildman–Crippen MR) is 84.0 cm³/mol. The van der Waals surface area contributed by atoms with Crippen LogP contribution in [0.2, 0.25) is 5.28 Å². The molecule has 9 heteroatoms. The van der Waals surface area contributed by atoms with Gasteiger partial charge in [-0.05, 0) is 30.2 Å². The summed E-state index contributed by atoms with van der Waals surface area (Å²) >= 11 is 5.76. The number of carbonyl (C=O) groups is 1. The Morgan fingerprint density at radius 3 is 2.61 bits per heavy atom. The van der Waals surface area contributed by atoms with Gasteiger partial charge in [-0.15, -0.1) is 0 Å². The second kappa shape index (κ2) is 7.01. The second-order valence-corrected chi connectivity index (χ2v) is 4.91. The number of nitro groups is 1. The largest absolute Gasteiger partial charge is 0.480 e. The molecule has 0 aliphatic rings. The fourth-order valence-electron chi connectivity index (χ4n) is 2.16. The van der Waals surface area contributed by atoms with Crippen molar-refractivity contribution in [3.63, 3.8) is 0 Å². The summed E-state index contributed by atoms with van der Waals surface area (Å²) < 4.78 is 0. The lowest BCUT2D eigenvalue weighted by Crippen LogP contribution is -2.38. The van der Waals surface area contributed by atoms with E-state index < -0.39 is 22.6 Å². The first-order valence-electron chi connectivity index (χ1n) is 6.69. The molecule has 1 aromatic heterocycles. The standard InChI is InChI=1S/C14H13ClN4O4/c1-2-10(13(20)21)18(9-6-4-3-5-7-9)12-11(19(22)23)8-16-14(15)17-12/h3-8,10H,2H2,1H3,(H,20,21). The van der Waals surface area contributed by atoms with Crippen LogP contribution in [0, 0.1) is 10.1 Å². The van der Waals surface area contributed by atoms with Crippen LogP contribution in [-0.2, 0) is 4.79 Å². The summed E-state index contributed by atoms with van der Waals surface area (Å²) in [6, 6.07) is 7.40. The highest BCUT2D eigenvalue weighted by molar-refractivity contribution is 6.28. The van der Waals surface area contributed by atoms with Gasteiger partial charge in [-0.25, -0.2) is 9.78 Å². The normalized spacial score (nSPS) is 11.7. The van der Waals surface area contributed by atoms with Crippen molar-refractivity contribution >= 4 is 34.8 Å². The SMILES string of the molecule is CCC(C(=O)O)N(c1ccccc1)c1nc(Cl)ncc1[N+](=O)[O-]. The van der Waals surface area contributed by atoms with Crippen molar-refractivity contribution in [2.75, 3.05) is 4.90 Å². The van der Waals surface area contributed by atoms with Crippen molar-refractivity contribution in [2.24, 2.45) is 0 Å². The Labute approximate surface area is 136 Å². The van der Waals surface area contributed by atoms with E-state index in [0.29, 0.717) is 5.69 Å². The van der Waals surface area contributed by atoms with Gasteiger partial charge in [0, 0.05) is 5.69 Å². The van der Waals surface area contributed by atoms with Crippen LogP contribution in [0.1, 0.15) is 13.3 Å². The van der Waals surface area contributed by atoms with E-state index in [2.05, 4.69) is 9.97 Å². The number of aromatic nitrogens is 2. The molecule has 0 spiro atoms. The molecular weight excluding hydrogens is 324 g/mol. The fraction of sp³-hybridized carbons (Fsp3) is 0.214.